The first-order valence-electron chi connectivity index (χ1n) is 9.14. The number of amides is 4. The fraction of sp³-hybridized carbons (Fsp3) is 0.722. The number of nitrogens with zero attached hydrogens (tertiary/aromatic N) is 2. The number of carbonyl (C=O) groups is 3. The number of carbonyl (C=O) groups excluding carboxylic acids is 3. The van der Waals surface area contributed by atoms with Gasteiger partial charge in [0.1, 0.15) is 6.67 Å². The lowest BCUT2D eigenvalue weighted by molar-refractivity contribution is -0.140. The first-order valence-corrected chi connectivity index (χ1v) is 9.14. The van der Waals surface area contributed by atoms with Gasteiger partial charge in [-0.3, -0.25) is 14.5 Å². The maximum atomic E-state index is 12.7. The number of nitrogens with one attached hydrogen (secondary N) is 1. The van der Waals surface area contributed by atoms with E-state index in [1.165, 1.54) is 4.90 Å². The van der Waals surface area contributed by atoms with E-state index < -0.39 is 0 Å². The number of likely N-dealkylation sites (tertiary alicyclic amines) is 1. The van der Waals surface area contributed by atoms with Crippen LogP contribution >= 0.6 is 0 Å². The summed E-state index contributed by atoms with van der Waals surface area (Å²) in [4.78, 5) is 40.7. The molecule has 4 atom stereocenters. The first kappa shape index (κ1) is 17.0. The van der Waals surface area contributed by atoms with E-state index in [0.717, 1.165) is 25.7 Å². The zero-order chi connectivity index (χ0) is 17.3. The van der Waals surface area contributed by atoms with Gasteiger partial charge in [-0.2, -0.15) is 0 Å². The van der Waals surface area contributed by atoms with E-state index in [1.54, 1.807) is 4.90 Å². The van der Waals surface area contributed by atoms with Crippen molar-refractivity contribution in [3.63, 3.8) is 0 Å². The van der Waals surface area contributed by atoms with Crippen molar-refractivity contribution in [1.29, 1.82) is 0 Å². The molecule has 1 saturated carbocycles. The van der Waals surface area contributed by atoms with Gasteiger partial charge in [0.15, 0.2) is 0 Å². The molecule has 0 spiro atoms. The number of hydrogen-bond acceptors (Lipinski definition) is 3. The first-order chi connectivity index (χ1) is 11.6. The van der Waals surface area contributed by atoms with E-state index in [4.69, 9.17) is 0 Å². The molecule has 1 aliphatic heterocycles. The smallest absolute Gasteiger partial charge is 0.318 e. The molecule has 0 aromatic carbocycles. The summed E-state index contributed by atoms with van der Waals surface area (Å²) in [5, 5.41) is 2.77. The van der Waals surface area contributed by atoms with Crippen LogP contribution in [-0.2, 0) is 9.59 Å². The Kier molecular flexibility index (Phi) is 4.92. The van der Waals surface area contributed by atoms with E-state index >= 15 is 0 Å². The van der Waals surface area contributed by atoms with Gasteiger partial charge in [-0.05, 0) is 37.5 Å². The molecule has 6 nitrogen and oxygen atoms in total. The molecule has 4 aliphatic rings. The Morgan fingerprint density at radius 2 is 1.58 bits per heavy atom. The highest BCUT2D eigenvalue weighted by Crippen LogP contribution is 2.49. The van der Waals surface area contributed by atoms with Crippen LogP contribution < -0.4 is 5.32 Å². The van der Waals surface area contributed by atoms with Crippen LogP contribution in [0.4, 0.5) is 4.79 Å². The highest BCUT2D eigenvalue weighted by molar-refractivity contribution is 6.06. The molecule has 132 valence electrons. The number of allylic oxidation sites excluding steroid dienone is 2. The Morgan fingerprint density at radius 1 is 1.08 bits per heavy atom. The maximum Gasteiger partial charge on any atom is 0.318 e. The van der Waals surface area contributed by atoms with Crippen molar-refractivity contribution in [3.8, 4) is 0 Å². The van der Waals surface area contributed by atoms with E-state index in [1.807, 2.05) is 13.8 Å². The maximum absolute atomic E-state index is 12.7. The van der Waals surface area contributed by atoms with Crippen LogP contribution in [0.15, 0.2) is 12.2 Å². The SMILES string of the molecule is CCCN(CCC)C(=O)NCN1C(=O)C2C3C=CC(CC3)C2C1=O. The van der Waals surface area contributed by atoms with Gasteiger partial charge >= 0.3 is 6.03 Å². The van der Waals surface area contributed by atoms with Crippen LogP contribution in [0, 0.1) is 23.7 Å². The van der Waals surface area contributed by atoms with Gasteiger partial charge in [-0.15, -0.1) is 0 Å². The zero-order valence-electron chi connectivity index (χ0n) is 14.5. The Balaban J connectivity index is 1.63. The normalized spacial score (nSPS) is 30.7. The van der Waals surface area contributed by atoms with E-state index in [2.05, 4.69) is 17.5 Å². The van der Waals surface area contributed by atoms with Gasteiger partial charge in [0.2, 0.25) is 11.8 Å². The number of imide groups is 1. The minimum Gasteiger partial charge on any atom is -0.325 e. The summed E-state index contributed by atoms with van der Waals surface area (Å²) in [5.41, 5.74) is 0. The highest BCUT2D eigenvalue weighted by atomic mass is 16.2. The molecular weight excluding hydrogens is 306 g/mol. The van der Waals surface area contributed by atoms with Crippen molar-refractivity contribution in [2.75, 3.05) is 19.8 Å². The lowest BCUT2D eigenvalue weighted by Gasteiger charge is -2.38. The van der Waals surface area contributed by atoms with Crippen molar-refractivity contribution in [1.82, 2.24) is 15.1 Å². The lowest BCUT2D eigenvalue weighted by Crippen LogP contribution is -2.47. The van der Waals surface area contributed by atoms with Gasteiger partial charge in [-0.25, -0.2) is 4.79 Å². The molecule has 1 saturated heterocycles. The third-order valence-electron chi connectivity index (χ3n) is 5.51. The van der Waals surface area contributed by atoms with Crippen molar-refractivity contribution in [2.45, 2.75) is 39.5 Å². The third kappa shape index (κ3) is 2.82. The molecule has 0 aromatic heterocycles. The van der Waals surface area contributed by atoms with Crippen LogP contribution in [-0.4, -0.2) is 47.4 Å². The molecule has 4 unspecified atom stereocenters. The van der Waals surface area contributed by atoms with Crippen molar-refractivity contribution in [2.24, 2.45) is 23.7 Å². The summed E-state index contributed by atoms with van der Waals surface area (Å²) in [6.07, 6.45) is 7.95. The van der Waals surface area contributed by atoms with Crippen LogP contribution in [0.5, 0.6) is 0 Å². The molecule has 4 rings (SSSR count). The average molecular weight is 333 g/mol. The molecule has 4 amide bonds. The summed E-state index contributed by atoms with van der Waals surface area (Å²) in [6.45, 7) is 5.41. The third-order valence-corrected chi connectivity index (χ3v) is 5.51. The second kappa shape index (κ2) is 6.95. The Hall–Kier alpha value is -1.85. The van der Waals surface area contributed by atoms with E-state index in [9.17, 15) is 14.4 Å². The van der Waals surface area contributed by atoms with Crippen LogP contribution in [0.2, 0.25) is 0 Å². The summed E-state index contributed by atoms with van der Waals surface area (Å²) in [5.74, 6) is -0.257. The minimum absolute atomic E-state index is 0.00707. The number of rotatable bonds is 6. The number of urea groups is 1. The van der Waals surface area contributed by atoms with Gasteiger partial charge in [0, 0.05) is 13.1 Å². The predicted octanol–water partition coefficient (Wildman–Crippen LogP) is 1.97. The number of fused-ring (bicyclic) bond motifs is 1. The summed E-state index contributed by atoms with van der Waals surface area (Å²) in [6, 6.07) is -0.199. The molecule has 0 radical (unpaired) electrons. The fourth-order valence-corrected chi connectivity index (χ4v) is 4.40. The van der Waals surface area contributed by atoms with Crippen LogP contribution in [0.3, 0.4) is 0 Å². The molecule has 2 bridgehead atoms. The fourth-order valence-electron chi connectivity index (χ4n) is 4.40. The topological polar surface area (TPSA) is 69.7 Å². The van der Waals surface area contributed by atoms with Crippen LogP contribution in [0.1, 0.15) is 39.5 Å². The molecule has 24 heavy (non-hydrogen) atoms. The van der Waals surface area contributed by atoms with Gasteiger partial charge in [0.25, 0.3) is 0 Å². The summed E-state index contributed by atoms with van der Waals surface area (Å²) < 4.78 is 0. The average Bonchev–Trinajstić information content (AvgIpc) is 2.87. The van der Waals surface area contributed by atoms with Gasteiger partial charge < -0.3 is 10.2 Å². The molecule has 1 heterocycles. The predicted molar refractivity (Wildman–Crippen MR) is 89.7 cm³/mol. The second-order valence-corrected chi connectivity index (χ2v) is 7.07. The Labute approximate surface area is 143 Å². The minimum atomic E-state index is -0.208. The van der Waals surface area contributed by atoms with Crippen molar-refractivity contribution >= 4 is 17.8 Å². The Morgan fingerprint density at radius 3 is 2.00 bits per heavy atom. The van der Waals surface area contributed by atoms with E-state index in [-0.39, 0.29) is 48.2 Å². The molecule has 0 aromatic rings. The molecular formula is C18H27N3O3. The molecule has 2 fully saturated rings. The molecule has 6 heteroatoms. The summed E-state index contributed by atoms with van der Waals surface area (Å²) in [7, 11) is 0. The highest BCUT2D eigenvalue weighted by Gasteiger charge is 2.56. The monoisotopic (exact) mass is 333 g/mol. The number of hydrogen-bond donors (Lipinski definition) is 1. The van der Waals surface area contributed by atoms with Crippen molar-refractivity contribution in [3.05, 3.63) is 12.2 Å². The van der Waals surface area contributed by atoms with E-state index in [0.29, 0.717) is 13.1 Å². The molecule has 1 N–H and O–H groups in total. The van der Waals surface area contributed by atoms with Gasteiger partial charge in [0.05, 0.1) is 11.8 Å². The Bertz CT molecular complexity index is 522. The standard InChI is InChI=1S/C18H27N3O3/c1-3-9-20(10-4-2)18(24)19-11-21-16(22)14-12-5-6-13(8-7-12)15(14)17(21)23/h5-6,12-15H,3-4,7-11H2,1-2H3,(H,19,24). The van der Waals surface area contributed by atoms with Crippen molar-refractivity contribution < 1.29 is 14.4 Å². The van der Waals surface area contributed by atoms with Crippen LogP contribution in [0.25, 0.3) is 0 Å². The largest absolute Gasteiger partial charge is 0.325 e. The zero-order valence-corrected chi connectivity index (χ0v) is 14.5. The lowest BCUT2D eigenvalue weighted by atomic mass is 9.63. The van der Waals surface area contributed by atoms with Gasteiger partial charge in [-0.1, -0.05) is 26.0 Å². The quantitative estimate of drug-likeness (QED) is 0.597. The molecule has 3 aliphatic carbocycles. The second-order valence-electron chi connectivity index (χ2n) is 7.07. The summed E-state index contributed by atoms with van der Waals surface area (Å²) >= 11 is 0.